The summed E-state index contributed by atoms with van der Waals surface area (Å²) in [5.41, 5.74) is 3.33. The minimum atomic E-state index is -0.663. The Morgan fingerprint density at radius 1 is 1.31 bits per heavy atom. The molecule has 0 unspecified atom stereocenters. The minimum absolute atomic E-state index is 0.0729. The van der Waals surface area contributed by atoms with Gasteiger partial charge in [0.25, 0.3) is 5.56 Å². The molecular weight excluding hydrogens is 408 g/mol. The summed E-state index contributed by atoms with van der Waals surface area (Å²) in [6.45, 7) is 2.23. The van der Waals surface area contributed by atoms with Gasteiger partial charge in [-0.25, -0.2) is 0 Å². The quantitative estimate of drug-likeness (QED) is 0.436. The fraction of sp³-hybridized carbons (Fsp3) is 0.292. The van der Waals surface area contributed by atoms with Crippen molar-refractivity contribution in [3.63, 3.8) is 0 Å². The van der Waals surface area contributed by atoms with Gasteiger partial charge in [0.1, 0.15) is 5.75 Å². The van der Waals surface area contributed by atoms with E-state index in [1.54, 1.807) is 41.7 Å². The van der Waals surface area contributed by atoms with Crippen LogP contribution in [0.3, 0.4) is 0 Å². The van der Waals surface area contributed by atoms with Crippen LogP contribution in [0.15, 0.2) is 53.7 Å². The lowest BCUT2D eigenvalue weighted by Crippen LogP contribution is -2.29. The first-order valence-electron chi connectivity index (χ1n) is 10.4. The molecule has 2 N–H and O–H groups in total. The van der Waals surface area contributed by atoms with Gasteiger partial charge in [0, 0.05) is 48.5 Å². The van der Waals surface area contributed by atoms with Crippen molar-refractivity contribution in [1.82, 2.24) is 19.3 Å². The number of ether oxygens (including phenoxy) is 1. The second-order valence-electron chi connectivity index (χ2n) is 7.93. The fourth-order valence-corrected chi connectivity index (χ4v) is 4.20. The summed E-state index contributed by atoms with van der Waals surface area (Å²) in [5.74, 6) is -1.26. The molecule has 4 rings (SSSR count). The van der Waals surface area contributed by atoms with Crippen molar-refractivity contribution in [2.75, 3.05) is 7.11 Å². The van der Waals surface area contributed by atoms with E-state index in [2.05, 4.69) is 10.1 Å². The standard InChI is InChI=1S/C24H26N4O4/c1-15-10-21(29)23(19(11-22(30)32-3)17-13-26-27(2)14-17)24(31)28(15)9-8-16-12-25-20-7-5-4-6-18(16)20/h4-7,10,12-14,19,25,29H,8-9,11H2,1-3H3/t19-/m0/s1. The first-order valence-corrected chi connectivity index (χ1v) is 10.4. The number of esters is 1. The van der Waals surface area contributed by atoms with Crippen molar-refractivity contribution in [2.45, 2.75) is 32.2 Å². The van der Waals surface area contributed by atoms with Crippen LogP contribution < -0.4 is 5.56 Å². The highest BCUT2D eigenvalue weighted by atomic mass is 16.5. The van der Waals surface area contributed by atoms with Gasteiger partial charge in [-0.2, -0.15) is 5.10 Å². The third-order valence-electron chi connectivity index (χ3n) is 5.88. The SMILES string of the molecule is COC(=O)C[C@@H](c1cnn(C)c1)c1c(O)cc(C)n(CCc2c[nH]c3ccccc23)c1=O. The Labute approximate surface area is 185 Å². The number of para-hydroxylation sites is 1. The third kappa shape index (κ3) is 4.03. The molecule has 0 fully saturated rings. The molecule has 0 saturated carbocycles. The van der Waals surface area contributed by atoms with Crippen molar-refractivity contribution < 1.29 is 14.6 Å². The molecule has 3 heterocycles. The number of aromatic nitrogens is 4. The lowest BCUT2D eigenvalue weighted by Gasteiger charge is -2.19. The number of pyridine rings is 1. The summed E-state index contributed by atoms with van der Waals surface area (Å²) in [6.07, 6.45) is 5.87. The van der Waals surface area contributed by atoms with E-state index in [9.17, 15) is 14.7 Å². The van der Waals surface area contributed by atoms with Crippen LogP contribution in [-0.2, 0) is 29.5 Å². The number of methoxy groups -OCH3 is 1. The smallest absolute Gasteiger partial charge is 0.306 e. The normalized spacial score (nSPS) is 12.2. The number of hydrogen-bond acceptors (Lipinski definition) is 5. The van der Waals surface area contributed by atoms with E-state index in [1.807, 2.05) is 30.5 Å². The van der Waals surface area contributed by atoms with Gasteiger partial charge in [0.2, 0.25) is 0 Å². The van der Waals surface area contributed by atoms with E-state index in [1.165, 1.54) is 7.11 Å². The molecule has 0 aliphatic rings. The molecular formula is C24H26N4O4. The molecule has 0 aliphatic heterocycles. The number of benzene rings is 1. The fourth-order valence-electron chi connectivity index (χ4n) is 4.20. The predicted octanol–water partition coefficient (Wildman–Crippen LogP) is 3.01. The molecule has 0 aliphatic carbocycles. The third-order valence-corrected chi connectivity index (χ3v) is 5.88. The van der Waals surface area contributed by atoms with Crippen molar-refractivity contribution in [3.05, 3.63) is 81.7 Å². The summed E-state index contributed by atoms with van der Waals surface area (Å²) in [6, 6.07) is 9.60. The molecule has 8 heteroatoms. The number of nitrogens with zero attached hydrogens (tertiary/aromatic N) is 3. The monoisotopic (exact) mass is 434 g/mol. The Morgan fingerprint density at radius 3 is 2.81 bits per heavy atom. The summed E-state index contributed by atoms with van der Waals surface area (Å²) in [5, 5.41) is 16.0. The van der Waals surface area contributed by atoms with E-state index in [0.29, 0.717) is 24.2 Å². The lowest BCUT2D eigenvalue weighted by molar-refractivity contribution is -0.140. The first-order chi connectivity index (χ1) is 15.4. The van der Waals surface area contributed by atoms with Gasteiger partial charge >= 0.3 is 5.97 Å². The van der Waals surface area contributed by atoms with Crippen LogP contribution in [0, 0.1) is 6.92 Å². The number of aromatic amines is 1. The number of nitrogens with one attached hydrogen (secondary N) is 1. The number of fused-ring (bicyclic) bond motifs is 1. The molecule has 0 bridgehead atoms. The number of rotatable bonds is 7. The number of aryl methyl sites for hydroxylation is 3. The molecule has 3 aromatic heterocycles. The molecule has 4 aromatic rings. The molecule has 0 spiro atoms. The van der Waals surface area contributed by atoms with Gasteiger partial charge in [-0.3, -0.25) is 14.3 Å². The van der Waals surface area contributed by atoms with Crippen molar-refractivity contribution >= 4 is 16.9 Å². The molecule has 0 amide bonds. The average Bonchev–Trinajstić information content (AvgIpc) is 3.38. The maximum absolute atomic E-state index is 13.5. The van der Waals surface area contributed by atoms with Crippen molar-refractivity contribution in [1.29, 1.82) is 0 Å². The van der Waals surface area contributed by atoms with Gasteiger partial charge in [0.05, 0.1) is 25.3 Å². The zero-order valence-electron chi connectivity index (χ0n) is 18.3. The molecule has 1 atom stereocenters. The Balaban J connectivity index is 1.73. The van der Waals surface area contributed by atoms with Crippen LogP contribution in [0.5, 0.6) is 5.75 Å². The summed E-state index contributed by atoms with van der Waals surface area (Å²) in [7, 11) is 3.06. The van der Waals surface area contributed by atoms with Crippen LogP contribution in [0.2, 0.25) is 0 Å². The molecule has 32 heavy (non-hydrogen) atoms. The maximum Gasteiger partial charge on any atom is 0.306 e. The van der Waals surface area contributed by atoms with Crippen LogP contribution in [-0.4, -0.2) is 37.5 Å². The lowest BCUT2D eigenvalue weighted by atomic mass is 9.90. The van der Waals surface area contributed by atoms with Crippen molar-refractivity contribution in [2.24, 2.45) is 7.05 Å². The Bertz CT molecular complexity index is 1330. The zero-order valence-corrected chi connectivity index (χ0v) is 18.3. The van der Waals surface area contributed by atoms with E-state index in [0.717, 1.165) is 16.5 Å². The molecule has 0 radical (unpaired) electrons. The number of carbonyl (C=O) groups excluding carboxylic acids is 1. The van der Waals surface area contributed by atoms with Crippen LogP contribution in [0.25, 0.3) is 10.9 Å². The highest BCUT2D eigenvalue weighted by Crippen LogP contribution is 2.32. The van der Waals surface area contributed by atoms with Crippen LogP contribution in [0.1, 0.15) is 34.7 Å². The Kier molecular flexibility index (Phi) is 5.85. The van der Waals surface area contributed by atoms with Gasteiger partial charge in [-0.05, 0) is 36.6 Å². The topological polar surface area (TPSA) is 102 Å². The molecule has 1 aromatic carbocycles. The second kappa shape index (κ2) is 8.74. The van der Waals surface area contributed by atoms with Crippen LogP contribution >= 0.6 is 0 Å². The minimum Gasteiger partial charge on any atom is -0.507 e. The first kappa shape index (κ1) is 21.4. The van der Waals surface area contributed by atoms with E-state index >= 15 is 0 Å². The molecule has 166 valence electrons. The van der Waals surface area contributed by atoms with E-state index in [4.69, 9.17) is 4.74 Å². The Morgan fingerprint density at radius 2 is 2.09 bits per heavy atom. The van der Waals surface area contributed by atoms with Gasteiger partial charge < -0.3 is 19.4 Å². The zero-order chi connectivity index (χ0) is 22.8. The summed E-state index contributed by atoms with van der Waals surface area (Å²) in [4.78, 5) is 28.9. The van der Waals surface area contributed by atoms with E-state index in [-0.39, 0.29) is 23.3 Å². The second-order valence-corrected chi connectivity index (χ2v) is 7.93. The largest absolute Gasteiger partial charge is 0.507 e. The number of H-pyrrole nitrogens is 1. The average molecular weight is 434 g/mol. The number of hydrogen-bond donors (Lipinski definition) is 2. The van der Waals surface area contributed by atoms with Gasteiger partial charge in [0.15, 0.2) is 0 Å². The highest BCUT2D eigenvalue weighted by molar-refractivity contribution is 5.83. The molecule has 0 saturated heterocycles. The number of carbonyl (C=O) groups is 1. The predicted molar refractivity (Wildman–Crippen MR) is 121 cm³/mol. The maximum atomic E-state index is 13.5. The highest BCUT2D eigenvalue weighted by Gasteiger charge is 2.27. The van der Waals surface area contributed by atoms with Crippen LogP contribution in [0.4, 0.5) is 0 Å². The summed E-state index contributed by atoms with van der Waals surface area (Å²) >= 11 is 0. The van der Waals surface area contributed by atoms with Gasteiger partial charge in [-0.15, -0.1) is 0 Å². The van der Waals surface area contributed by atoms with E-state index < -0.39 is 11.9 Å². The van der Waals surface area contributed by atoms with Gasteiger partial charge in [-0.1, -0.05) is 18.2 Å². The van der Waals surface area contributed by atoms with Crippen molar-refractivity contribution in [3.8, 4) is 5.75 Å². The molecule has 8 nitrogen and oxygen atoms in total. The number of aromatic hydroxyl groups is 1. The summed E-state index contributed by atoms with van der Waals surface area (Å²) < 4.78 is 8.09. The Hall–Kier alpha value is -3.81.